The molecule has 0 aromatic carbocycles. The van der Waals surface area contributed by atoms with E-state index >= 15 is 0 Å². The van der Waals surface area contributed by atoms with Crippen molar-refractivity contribution in [3.05, 3.63) is 35.7 Å². The zero-order valence-electron chi connectivity index (χ0n) is 12.9. The molecule has 1 saturated heterocycles. The molecule has 2 aromatic rings. The summed E-state index contributed by atoms with van der Waals surface area (Å²) in [7, 11) is -3.34. The van der Waals surface area contributed by atoms with E-state index in [1.165, 1.54) is 12.4 Å². The van der Waals surface area contributed by atoms with Gasteiger partial charge in [0.25, 0.3) is 5.91 Å². The predicted molar refractivity (Wildman–Crippen MR) is 81.7 cm³/mol. The highest BCUT2D eigenvalue weighted by Gasteiger charge is 2.32. The summed E-state index contributed by atoms with van der Waals surface area (Å²) < 4.78 is 23.6. The number of aromatic amines is 1. The molecule has 1 N–H and O–H groups in total. The minimum Gasteiger partial charge on any atom is -0.337 e. The Bertz CT molecular complexity index is 828. The van der Waals surface area contributed by atoms with Crippen LogP contribution in [0.3, 0.4) is 0 Å². The number of amides is 1. The summed E-state index contributed by atoms with van der Waals surface area (Å²) in [5.41, 5.74) is 1.61. The van der Waals surface area contributed by atoms with Crippen LogP contribution in [0.2, 0.25) is 0 Å². The van der Waals surface area contributed by atoms with Crippen molar-refractivity contribution in [1.29, 1.82) is 0 Å². The number of rotatable bonds is 3. The first kappa shape index (κ1) is 15.6. The molecule has 1 aliphatic rings. The standard InChI is InChI=1S/C14H17N5O3S/c1-9-5-16-11(6-15-9)14(20)19-4-3-10(8-19)13-12(7-17-18-13)23(2,21)22/h5-7,10H,3-4,8H2,1-2H3,(H,17,18)/t10-/m1/s1. The Morgan fingerprint density at radius 1 is 1.30 bits per heavy atom. The largest absolute Gasteiger partial charge is 0.337 e. The summed E-state index contributed by atoms with van der Waals surface area (Å²) in [4.78, 5) is 22.5. The van der Waals surface area contributed by atoms with E-state index in [1.54, 1.807) is 18.0 Å². The molecule has 1 atom stereocenters. The third-order valence-electron chi connectivity index (χ3n) is 3.92. The van der Waals surface area contributed by atoms with Gasteiger partial charge in [-0.05, 0) is 13.3 Å². The molecule has 1 aliphatic heterocycles. The molecule has 0 aliphatic carbocycles. The number of hydrogen-bond acceptors (Lipinski definition) is 6. The van der Waals surface area contributed by atoms with Crippen LogP contribution in [0.1, 0.15) is 34.2 Å². The smallest absolute Gasteiger partial charge is 0.274 e. The lowest BCUT2D eigenvalue weighted by Crippen LogP contribution is -2.29. The average Bonchev–Trinajstić information content (AvgIpc) is 3.15. The lowest BCUT2D eigenvalue weighted by atomic mass is 10.1. The minimum atomic E-state index is -3.34. The first-order chi connectivity index (χ1) is 10.9. The molecule has 9 heteroatoms. The van der Waals surface area contributed by atoms with E-state index in [4.69, 9.17) is 0 Å². The van der Waals surface area contributed by atoms with Crippen LogP contribution in [-0.2, 0) is 9.84 Å². The van der Waals surface area contributed by atoms with Gasteiger partial charge in [0.15, 0.2) is 9.84 Å². The van der Waals surface area contributed by atoms with Gasteiger partial charge in [0.1, 0.15) is 10.6 Å². The SMILES string of the molecule is Cc1cnc(C(=O)N2CC[C@@H](c3[nH]ncc3S(C)(=O)=O)C2)cn1. The van der Waals surface area contributed by atoms with E-state index in [0.29, 0.717) is 30.9 Å². The van der Waals surface area contributed by atoms with E-state index in [-0.39, 0.29) is 16.7 Å². The molecule has 0 spiro atoms. The lowest BCUT2D eigenvalue weighted by Gasteiger charge is -2.16. The zero-order chi connectivity index (χ0) is 16.6. The molecule has 0 unspecified atom stereocenters. The molecule has 1 amide bonds. The monoisotopic (exact) mass is 335 g/mol. The van der Waals surface area contributed by atoms with Crippen LogP contribution in [-0.4, -0.2) is 58.7 Å². The number of likely N-dealkylation sites (tertiary alicyclic amines) is 1. The second-order valence-electron chi connectivity index (χ2n) is 5.70. The predicted octanol–water partition coefficient (Wildman–Crippen LogP) is 0.541. The zero-order valence-corrected chi connectivity index (χ0v) is 13.7. The summed E-state index contributed by atoms with van der Waals surface area (Å²) in [5.74, 6) is -0.273. The number of sulfone groups is 1. The fourth-order valence-corrected chi connectivity index (χ4v) is 3.57. The first-order valence-electron chi connectivity index (χ1n) is 7.17. The fourth-order valence-electron chi connectivity index (χ4n) is 2.72. The van der Waals surface area contributed by atoms with Crippen molar-refractivity contribution in [3.8, 4) is 0 Å². The molecule has 23 heavy (non-hydrogen) atoms. The van der Waals surface area contributed by atoms with Gasteiger partial charge in [-0.3, -0.25) is 14.9 Å². The van der Waals surface area contributed by atoms with Crippen LogP contribution in [0.25, 0.3) is 0 Å². The number of nitrogens with one attached hydrogen (secondary N) is 1. The molecule has 0 bridgehead atoms. The minimum absolute atomic E-state index is 0.0791. The van der Waals surface area contributed by atoms with Crippen LogP contribution in [0.5, 0.6) is 0 Å². The highest BCUT2D eigenvalue weighted by Crippen LogP contribution is 2.30. The molecule has 0 radical (unpaired) electrons. The van der Waals surface area contributed by atoms with Crippen molar-refractivity contribution >= 4 is 15.7 Å². The van der Waals surface area contributed by atoms with Gasteiger partial charge in [-0.15, -0.1) is 0 Å². The van der Waals surface area contributed by atoms with Crippen molar-refractivity contribution < 1.29 is 13.2 Å². The number of carbonyl (C=O) groups is 1. The number of aromatic nitrogens is 4. The summed E-state index contributed by atoms with van der Waals surface area (Å²) in [6, 6.07) is 0. The molecule has 122 valence electrons. The third-order valence-corrected chi connectivity index (χ3v) is 5.04. The van der Waals surface area contributed by atoms with Crippen molar-refractivity contribution in [3.63, 3.8) is 0 Å². The van der Waals surface area contributed by atoms with Crippen LogP contribution < -0.4 is 0 Å². The van der Waals surface area contributed by atoms with E-state index in [2.05, 4.69) is 20.2 Å². The van der Waals surface area contributed by atoms with Gasteiger partial charge in [-0.25, -0.2) is 13.4 Å². The molecule has 3 rings (SSSR count). The van der Waals surface area contributed by atoms with Gasteiger partial charge < -0.3 is 4.90 Å². The van der Waals surface area contributed by atoms with Crippen LogP contribution in [0.4, 0.5) is 0 Å². The summed E-state index contributed by atoms with van der Waals surface area (Å²) in [5, 5.41) is 6.61. The third kappa shape index (κ3) is 3.09. The molecular weight excluding hydrogens is 318 g/mol. The first-order valence-corrected chi connectivity index (χ1v) is 9.06. The van der Waals surface area contributed by atoms with Gasteiger partial charge in [-0.1, -0.05) is 0 Å². The summed E-state index contributed by atoms with van der Waals surface area (Å²) in [6.45, 7) is 2.78. The highest BCUT2D eigenvalue weighted by atomic mass is 32.2. The van der Waals surface area contributed by atoms with Crippen LogP contribution >= 0.6 is 0 Å². The van der Waals surface area contributed by atoms with Gasteiger partial charge in [0.2, 0.25) is 0 Å². The Kier molecular flexibility index (Phi) is 3.88. The lowest BCUT2D eigenvalue weighted by molar-refractivity contribution is 0.0784. The molecule has 3 heterocycles. The van der Waals surface area contributed by atoms with Crippen molar-refractivity contribution in [2.75, 3.05) is 19.3 Å². The Morgan fingerprint density at radius 2 is 2.09 bits per heavy atom. The Morgan fingerprint density at radius 3 is 2.74 bits per heavy atom. The Balaban J connectivity index is 1.78. The number of nitrogens with zero attached hydrogens (tertiary/aromatic N) is 4. The van der Waals surface area contributed by atoms with Crippen LogP contribution in [0, 0.1) is 6.92 Å². The summed E-state index contributed by atoms with van der Waals surface area (Å²) in [6.07, 6.45) is 6.16. The maximum Gasteiger partial charge on any atom is 0.274 e. The molecule has 1 fully saturated rings. The normalized spacial score (nSPS) is 18.3. The molecule has 8 nitrogen and oxygen atoms in total. The van der Waals surface area contributed by atoms with E-state index < -0.39 is 9.84 Å². The van der Waals surface area contributed by atoms with Crippen molar-refractivity contribution in [2.24, 2.45) is 0 Å². The quantitative estimate of drug-likeness (QED) is 0.877. The Labute approximate surface area is 133 Å². The molecule has 2 aromatic heterocycles. The summed E-state index contributed by atoms with van der Waals surface area (Å²) >= 11 is 0. The van der Waals surface area contributed by atoms with E-state index in [1.807, 2.05) is 0 Å². The van der Waals surface area contributed by atoms with Crippen molar-refractivity contribution in [1.82, 2.24) is 25.1 Å². The average molecular weight is 335 g/mol. The maximum atomic E-state index is 12.4. The highest BCUT2D eigenvalue weighted by molar-refractivity contribution is 7.90. The number of carbonyl (C=O) groups excluding carboxylic acids is 1. The van der Waals surface area contributed by atoms with Gasteiger partial charge in [-0.2, -0.15) is 5.10 Å². The molecular formula is C14H17N5O3S. The molecule has 0 saturated carbocycles. The van der Waals surface area contributed by atoms with E-state index in [9.17, 15) is 13.2 Å². The number of hydrogen-bond donors (Lipinski definition) is 1. The van der Waals surface area contributed by atoms with Gasteiger partial charge in [0, 0.05) is 31.5 Å². The van der Waals surface area contributed by atoms with Gasteiger partial charge in [0.05, 0.1) is 23.8 Å². The fraction of sp³-hybridized carbons (Fsp3) is 0.429. The second kappa shape index (κ2) is 5.73. The van der Waals surface area contributed by atoms with Crippen LogP contribution in [0.15, 0.2) is 23.5 Å². The second-order valence-corrected chi connectivity index (χ2v) is 7.68. The van der Waals surface area contributed by atoms with E-state index in [0.717, 1.165) is 11.9 Å². The topological polar surface area (TPSA) is 109 Å². The number of H-pyrrole nitrogens is 1. The number of aryl methyl sites for hydroxylation is 1. The van der Waals surface area contributed by atoms with Gasteiger partial charge >= 0.3 is 0 Å². The Hall–Kier alpha value is -2.29. The van der Waals surface area contributed by atoms with Crippen molar-refractivity contribution in [2.45, 2.75) is 24.2 Å². The maximum absolute atomic E-state index is 12.4.